The molecule has 26 heavy (non-hydrogen) atoms. The predicted molar refractivity (Wildman–Crippen MR) is 97.5 cm³/mol. The Hall–Kier alpha value is -3.39. The van der Waals surface area contributed by atoms with Gasteiger partial charge in [-0.3, -0.25) is 9.59 Å². The molecule has 0 spiro atoms. The van der Waals surface area contributed by atoms with Crippen LogP contribution in [0.4, 0.5) is 5.69 Å². The monoisotopic (exact) mass is 354 g/mol. The lowest BCUT2D eigenvalue weighted by atomic mass is 10.2. The van der Waals surface area contributed by atoms with E-state index in [0.717, 1.165) is 5.01 Å². The van der Waals surface area contributed by atoms with Crippen LogP contribution >= 0.6 is 0 Å². The van der Waals surface area contributed by atoms with Crippen LogP contribution in [0.15, 0.2) is 47.3 Å². The third-order valence-corrected chi connectivity index (χ3v) is 4.04. The van der Waals surface area contributed by atoms with Gasteiger partial charge >= 0.3 is 0 Å². The molecule has 3 rings (SSSR count). The molecule has 0 bridgehead atoms. The first-order valence-corrected chi connectivity index (χ1v) is 7.75. The summed E-state index contributed by atoms with van der Waals surface area (Å²) in [5.41, 5.74) is 0.537. The number of nitrogens with zero attached hydrogens (tertiary/aromatic N) is 3. The Morgan fingerprint density at radius 2 is 1.73 bits per heavy atom. The maximum absolute atomic E-state index is 12.7. The number of fused-ring (bicyclic) bond motifs is 1. The highest BCUT2D eigenvalue weighted by Crippen LogP contribution is 2.30. The largest absolute Gasteiger partial charge is 0.493 e. The van der Waals surface area contributed by atoms with Gasteiger partial charge in [-0.25, -0.2) is 15.8 Å². The summed E-state index contributed by atoms with van der Waals surface area (Å²) in [5.74, 6) is 6.09. The van der Waals surface area contributed by atoms with Gasteiger partial charge < -0.3 is 14.0 Å². The minimum absolute atomic E-state index is 0.279. The first kappa shape index (κ1) is 17.4. The number of carbonyl (C=O) groups is 1. The number of aromatic nitrogens is 2. The summed E-state index contributed by atoms with van der Waals surface area (Å²) in [5, 5.41) is 0.899. The summed E-state index contributed by atoms with van der Waals surface area (Å²) in [6.45, 7) is 0. The van der Waals surface area contributed by atoms with E-state index >= 15 is 0 Å². The Balaban J connectivity index is 2.16. The van der Waals surface area contributed by atoms with E-state index in [9.17, 15) is 9.59 Å². The minimum atomic E-state index is -0.700. The summed E-state index contributed by atoms with van der Waals surface area (Å²) >= 11 is 0. The zero-order valence-electron chi connectivity index (χ0n) is 14.6. The average molecular weight is 354 g/mol. The van der Waals surface area contributed by atoms with E-state index in [0.29, 0.717) is 28.2 Å². The van der Waals surface area contributed by atoms with Crippen molar-refractivity contribution in [2.24, 2.45) is 12.9 Å². The van der Waals surface area contributed by atoms with E-state index < -0.39 is 11.5 Å². The number of carbonyl (C=O) groups excluding carboxylic acids is 1. The van der Waals surface area contributed by atoms with Crippen molar-refractivity contribution in [3.63, 3.8) is 0 Å². The number of nitrogens with two attached hydrogens (primary N) is 1. The number of ether oxygens (including phenoxy) is 2. The van der Waals surface area contributed by atoms with E-state index in [1.165, 1.54) is 18.8 Å². The second kappa shape index (κ2) is 6.85. The molecule has 0 aliphatic rings. The predicted octanol–water partition coefficient (Wildman–Crippen LogP) is 1.47. The molecule has 1 amide bonds. The van der Waals surface area contributed by atoms with E-state index in [-0.39, 0.29) is 5.69 Å². The van der Waals surface area contributed by atoms with Gasteiger partial charge in [-0.15, -0.1) is 0 Å². The van der Waals surface area contributed by atoms with Gasteiger partial charge in [0, 0.05) is 19.2 Å². The van der Waals surface area contributed by atoms with Crippen molar-refractivity contribution in [2.75, 3.05) is 19.2 Å². The van der Waals surface area contributed by atoms with Gasteiger partial charge in [-0.2, -0.15) is 0 Å². The fraction of sp³-hybridized carbons (Fsp3) is 0.167. The van der Waals surface area contributed by atoms with Crippen LogP contribution in [0.1, 0.15) is 10.5 Å². The van der Waals surface area contributed by atoms with Crippen LogP contribution in [0.5, 0.6) is 11.5 Å². The number of para-hydroxylation sites is 1. The quantitative estimate of drug-likeness (QED) is 0.433. The second-order valence-electron chi connectivity index (χ2n) is 5.53. The molecule has 8 heteroatoms. The molecule has 0 saturated carbocycles. The lowest BCUT2D eigenvalue weighted by molar-refractivity contribution is 0.0980. The zero-order chi connectivity index (χ0) is 18.8. The van der Waals surface area contributed by atoms with Gasteiger partial charge in [0.25, 0.3) is 11.5 Å². The van der Waals surface area contributed by atoms with Gasteiger partial charge in [-0.1, -0.05) is 18.2 Å². The Labute approximate surface area is 149 Å². The molecular formula is C18H18N4O4. The fourth-order valence-electron chi connectivity index (χ4n) is 2.61. The summed E-state index contributed by atoms with van der Waals surface area (Å²) < 4.78 is 11.8. The van der Waals surface area contributed by atoms with Crippen LogP contribution in [0.2, 0.25) is 0 Å². The summed E-state index contributed by atoms with van der Waals surface area (Å²) in [6.07, 6.45) is 0. The Morgan fingerprint density at radius 1 is 1.12 bits per heavy atom. The van der Waals surface area contributed by atoms with E-state index in [4.69, 9.17) is 15.3 Å². The number of hydrogen-bond acceptors (Lipinski definition) is 6. The first-order chi connectivity index (χ1) is 12.5. The van der Waals surface area contributed by atoms with Crippen LogP contribution in [-0.2, 0) is 7.05 Å². The van der Waals surface area contributed by atoms with Gasteiger partial charge in [0.2, 0.25) is 0 Å². The minimum Gasteiger partial charge on any atom is -0.493 e. The van der Waals surface area contributed by atoms with Gasteiger partial charge in [0.05, 0.1) is 30.9 Å². The van der Waals surface area contributed by atoms with Crippen LogP contribution in [0, 0.1) is 0 Å². The van der Waals surface area contributed by atoms with E-state index in [1.807, 2.05) is 0 Å². The second-order valence-corrected chi connectivity index (χ2v) is 5.53. The summed E-state index contributed by atoms with van der Waals surface area (Å²) in [6, 6.07) is 11.8. The smallest absolute Gasteiger partial charge is 0.296 e. The van der Waals surface area contributed by atoms with Gasteiger partial charge in [-0.05, 0) is 12.1 Å². The van der Waals surface area contributed by atoms with Gasteiger partial charge in [0.1, 0.15) is 0 Å². The van der Waals surface area contributed by atoms with Crippen molar-refractivity contribution in [3.8, 4) is 11.5 Å². The average Bonchev–Trinajstić information content (AvgIpc) is 2.69. The molecule has 1 heterocycles. The third kappa shape index (κ3) is 2.86. The number of rotatable bonds is 4. The zero-order valence-corrected chi connectivity index (χ0v) is 14.6. The highest BCUT2D eigenvalue weighted by Gasteiger charge is 2.22. The molecule has 0 fully saturated rings. The molecule has 0 aliphatic heterocycles. The normalized spacial score (nSPS) is 10.6. The molecule has 3 aromatic rings. The molecule has 0 saturated heterocycles. The number of hydrogen-bond donors (Lipinski definition) is 1. The molecule has 8 nitrogen and oxygen atoms in total. The molecule has 134 valence electrons. The summed E-state index contributed by atoms with van der Waals surface area (Å²) in [4.78, 5) is 29.6. The lowest BCUT2D eigenvalue weighted by Crippen LogP contribution is -2.42. The number of amides is 1. The van der Waals surface area contributed by atoms with Crippen molar-refractivity contribution in [2.45, 2.75) is 0 Å². The van der Waals surface area contributed by atoms with E-state index in [1.54, 1.807) is 49.5 Å². The topological polar surface area (TPSA) is 99.7 Å². The van der Waals surface area contributed by atoms with Crippen molar-refractivity contribution in [1.82, 2.24) is 9.55 Å². The van der Waals surface area contributed by atoms with Crippen molar-refractivity contribution < 1.29 is 14.3 Å². The Morgan fingerprint density at radius 3 is 2.35 bits per heavy atom. The molecule has 0 radical (unpaired) electrons. The van der Waals surface area contributed by atoms with Crippen molar-refractivity contribution in [1.29, 1.82) is 0 Å². The fourth-order valence-corrected chi connectivity index (χ4v) is 2.61. The number of hydrazine groups is 1. The maximum atomic E-state index is 12.7. The number of benzene rings is 2. The van der Waals surface area contributed by atoms with Gasteiger partial charge in [0.15, 0.2) is 17.2 Å². The van der Waals surface area contributed by atoms with Crippen LogP contribution < -0.4 is 25.9 Å². The molecule has 0 unspecified atom stereocenters. The first-order valence-electron chi connectivity index (χ1n) is 7.75. The highest BCUT2D eigenvalue weighted by molar-refractivity contribution is 6.04. The van der Waals surface area contributed by atoms with E-state index in [2.05, 4.69) is 4.98 Å². The Bertz CT molecular complexity index is 1030. The van der Waals surface area contributed by atoms with Crippen molar-refractivity contribution in [3.05, 3.63) is 58.5 Å². The number of methoxy groups -OCH3 is 2. The maximum Gasteiger partial charge on any atom is 0.296 e. The SMILES string of the molecule is COc1cc2nc(C(=O)N(N)c3ccccc3)c(=O)n(C)c2cc1OC. The lowest BCUT2D eigenvalue weighted by Gasteiger charge is -2.17. The molecule has 0 atom stereocenters. The van der Waals surface area contributed by atoms with Crippen LogP contribution in [0.3, 0.4) is 0 Å². The number of anilines is 1. The molecule has 2 N–H and O–H groups in total. The van der Waals surface area contributed by atoms with Crippen molar-refractivity contribution >= 4 is 22.6 Å². The number of aryl methyl sites for hydroxylation is 1. The summed E-state index contributed by atoms with van der Waals surface area (Å²) in [7, 11) is 4.55. The molecular weight excluding hydrogens is 336 g/mol. The van der Waals surface area contributed by atoms with Crippen LogP contribution in [-0.4, -0.2) is 29.7 Å². The Kier molecular flexibility index (Phi) is 4.59. The molecule has 1 aromatic heterocycles. The standard InChI is InChI=1S/C18H18N4O4/c1-21-13-10-15(26-3)14(25-2)9-12(13)20-16(17(21)23)18(24)22(19)11-7-5-4-6-8-11/h4-10H,19H2,1-3H3. The highest BCUT2D eigenvalue weighted by atomic mass is 16.5. The molecule has 2 aromatic carbocycles. The third-order valence-electron chi connectivity index (χ3n) is 4.04. The van der Waals surface area contributed by atoms with Crippen LogP contribution in [0.25, 0.3) is 11.0 Å². The molecule has 0 aliphatic carbocycles.